The Bertz CT molecular complexity index is 561. The Morgan fingerprint density at radius 2 is 2.14 bits per heavy atom. The highest BCUT2D eigenvalue weighted by Gasteiger charge is 2.47. The molecule has 21 heavy (non-hydrogen) atoms. The SMILES string of the molecule is CC(C)C1(O)CN(C(=O)c2n[nH]c3c2C[C@H](C)O[C@@H]3C)C1. The highest BCUT2D eigenvalue weighted by Crippen LogP contribution is 2.33. The molecule has 1 aromatic rings. The van der Waals surface area contributed by atoms with Gasteiger partial charge in [0, 0.05) is 12.0 Å². The van der Waals surface area contributed by atoms with Crippen LogP contribution >= 0.6 is 0 Å². The molecule has 3 rings (SSSR count). The number of aliphatic hydroxyl groups is 1. The van der Waals surface area contributed by atoms with Crippen LogP contribution in [0, 0.1) is 5.92 Å². The average molecular weight is 293 g/mol. The smallest absolute Gasteiger partial charge is 0.274 e. The molecule has 116 valence electrons. The molecule has 1 aromatic heterocycles. The van der Waals surface area contributed by atoms with Crippen LogP contribution in [0.2, 0.25) is 0 Å². The predicted octanol–water partition coefficient (Wildman–Crippen LogP) is 1.27. The summed E-state index contributed by atoms with van der Waals surface area (Å²) in [4.78, 5) is 14.2. The first-order valence-electron chi connectivity index (χ1n) is 7.56. The zero-order valence-electron chi connectivity index (χ0n) is 13.0. The number of carbonyl (C=O) groups excluding carboxylic acids is 1. The molecule has 2 aliphatic rings. The molecule has 2 N–H and O–H groups in total. The second-order valence-corrected chi connectivity index (χ2v) is 6.68. The van der Waals surface area contributed by atoms with E-state index in [0.717, 1.165) is 11.3 Å². The quantitative estimate of drug-likeness (QED) is 0.861. The molecule has 1 saturated heterocycles. The molecule has 2 atom stereocenters. The average Bonchev–Trinajstić information content (AvgIpc) is 2.77. The molecule has 0 aromatic carbocycles. The molecule has 6 heteroatoms. The summed E-state index contributed by atoms with van der Waals surface area (Å²) in [5.74, 6) is 0.0437. The Hall–Kier alpha value is -1.40. The molecule has 3 heterocycles. The van der Waals surface area contributed by atoms with Gasteiger partial charge in [-0.1, -0.05) is 13.8 Å². The number of β-amino-alcohol motifs (C(OH)–C–C–N with tert-alkyl or cyclic N) is 1. The predicted molar refractivity (Wildman–Crippen MR) is 76.9 cm³/mol. The van der Waals surface area contributed by atoms with Crippen molar-refractivity contribution in [3.63, 3.8) is 0 Å². The van der Waals surface area contributed by atoms with Gasteiger partial charge in [0.05, 0.1) is 31.0 Å². The maximum atomic E-state index is 12.6. The molecule has 0 saturated carbocycles. The van der Waals surface area contributed by atoms with E-state index in [1.165, 1.54) is 0 Å². The number of likely N-dealkylation sites (tertiary alicyclic amines) is 1. The zero-order valence-corrected chi connectivity index (χ0v) is 13.0. The third-order valence-electron chi connectivity index (χ3n) is 4.73. The molecule has 6 nitrogen and oxygen atoms in total. The van der Waals surface area contributed by atoms with E-state index in [2.05, 4.69) is 10.2 Å². The number of nitrogens with one attached hydrogen (secondary N) is 1. The maximum Gasteiger partial charge on any atom is 0.274 e. The molecule has 0 aliphatic carbocycles. The Kier molecular flexibility index (Phi) is 3.33. The number of ether oxygens (including phenoxy) is 1. The number of aromatic nitrogens is 2. The number of aromatic amines is 1. The van der Waals surface area contributed by atoms with Crippen molar-refractivity contribution in [2.24, 2.45) is 5.92 Å². The van der Waals surface area contributed by atoms with Crippen LogP contribution in [-0.4, -0.2) is 50.9 Å². The lowest BCUT2D eigenvalue weighted by Gasteiger charge is -2.48. The fourth-order valence-corrected chi connectivity index (χ4v) is 3.12. The van der Waals surface area contributed by atoms with Gasteiger partial charge < -0.3 is 14.7 Å². The zero-order chi connectivity index (χ0) is 15.4. The highest BCUT2D eigenvalue weighted by molar-refractivity contribution is 5.94. The Morgan fingerprint density at radius 3 is 2.76 bits per heavy atom. The summed E-state index contributed by atoms with van der Waals surface area (Å²) in [6, 6.07) is 0. The van der Waals surface area contributed by atoms with Gasteiger partial charge in [-0.25, -0.2) is 0 Å². The fourth-order valence-electron chi connectivity index (χ4n) is 3.12. The van der Waals surface area contributed by atoms with Crippen molar-refractivity contribution >= 4 is 5.91 Å². The van der Waals surface area contributed by atoms with Crippen molar-refractivity contribution in [1.82, 2.24) is 15.1 Å². The molecule has 0 radical (unpaired) electrons. The van der Waals surface area contributed by atoms with Gasteiger partial charge in [-0.05, 0) is 19.8 Å². The lowest BCUT2D eigenvalue weighted by Crippen LogP contribution is -2.66. The van der Waals surface area contributed by atoms with Crippen LogP contribution in [0.1, 0.15) is 55.5 Å². The summed E-state index contributed by atoms with van der Waals surface area (Å²) < 4.78 is 5.73. The Balaban J connectivity index is 1.79. The molecule has 0 spiro atoms. The highest BCUT2D eigenvalue weighted by atomic mass is 16.5. The summed E-state index contributed by atoms with van der Waals surface area (Å²) in [5, 5.41) is 17.4. The van der Waals surface area contributed by atoms with E-state index in [1.54, 1.807) is 4.90 Å². The molecular formula is C15H23N3O3. The van der Waals surface area contributed by atoms with Crippen LogP contribution in [-0.2, 0) is 11.2 Å². The van der Waals surface area contributed by atoms with Gasteiger partial charge in [-0.15, -0.1) is 0 Å². The van der Waals surface area contributed by atoms with Crippen molar-refractivity contribution in [2.45, 2.75) is 51.9 Å². The van der Waals surface area contributed by atoms with Crippen LogP contribution in [0.25, 0.3) is 0 Å². The summed E-state index contributed by atoms with van der Waals surface area (Å²) in [6.07, 6.45) is 0.710. The van der Waals surface area contributed by atoms with E-state index in [-0.39, 0.29) is 24.0 Å². The minimum atomic E-state index is -0.754. The Morgan fingerprint density at radius 1 is 1.48 bits per heavy atom. The molecule has 1 fully saturated rings. The van der Waals surface area contributed by atoms with E-state index in [0.29, 0.717) is 25.2 Å². The van der Waals surface area contributed by atoms with Gasteiger partial charge in [0.2, 0.25) is 0 Å². The molecule has 0 unspecified atom stereocenters. The minimum absolute atomic E-state index is 0.0678. The topological polar surface area (TPSA) is 78.5 Å². The summed E-state index contributed by atoms with van der Waals surface area (Å²) in [7, 11) is 0. The maximum absolute atomic E-state index is 12.6. The van der Waals surface area contributed by atoms with Gasteiger partial charge in [0.15, 0.2) is 5.69 Å². The standard InChI is InChI=1S/C15H23N3O3/c1-8(2)15(20)6-18(7-15)14(19)13-11-5-9(3)21-10(4)12(11)16-17-13/h8-10,20H,5-7H2,1-4H3,(H,16,17)/t9-,10+/m0/s1. The number of carbonyl (C=O) groups is 1. The number of amides is 1. The van der Waals surface area contributed by atoms with E-state index < -0.39 is 5.60 Å². The third kappa shape index (κ3) is 2.26. The number of rotatable bonds is 2. The van der Waals surface area contributed by atoms with Crippen LogP contribution in [0.5, 0.6) is 0 Å². The first kappa shape index (κ1) is 14.5. The Labute approximate surface area is 124 Å². The number of fused-ring (bicyclic) bond motifs is 1. The molecule has 0 bridgehead atoms. The van der Waals surface area contributed by atoms with Crippen LogP contribution in [0.4, 0.5) is 0 Å². The van der Waals surface area contributed by atoms with Crippen LogP contribution < -0.4 is 0 Å². The largest absolute Gasteiger partial charge is 0.386 e. The van der Waals surface area contributed by atoms with E-state index in [1.807, 2.05) is 27.7 Å². The first-order chi connectivity index (χ1) is 9.82. The van der Waals surface area contributed by atoms with Crippen molar-refractivity contribution in [3.8, 4) is 0 Å². The van der Waals surface area contributed by atoms with Crippen molar-refractivity contribution in [2.75, 3.05) is 13.1 Å². The molecule has 1 amide bonds. The third-order valence-corrected chi connectivity index (χ3v) is 4.73. The number of hydrogen-bond acceptors (Lipinski definition) is 4. The van der Waals surface area contributed by atoms with Crippen molar-refractivity contribution < 1.29 is 14.6 Å². The molecule has 2 aliphatic heterocycles. The first-order valence-corrected chi connectivity index (χ1v) is 7.56. The monoisotopic (exact) mass is 293 g/mol. The van der Waals surface area contributed by atoms with Crippen molar-refractivity contribution in [1.29, 1.82) is 0 Å². The van der Waals surface area contributed by atoms with Gasteiger partial charge >= 0.3 is 0 Å². The summed E-state index contributed by atoms with van der Waals surface area (Å²) >= 11 is 0. The number of nitrogens with zero attached hydrogens (tertiary/aromatic N) is 2. The van der Waals surface area contributed by atoms with Gasteiger partial charge in [0.1, 0.15) is 5.60 Å². The lowest BCUT2D eigenvalue weighted by molar-refractivity contribution is -0.111. The summed E-state index contributed by atoms with van der Waals surface area (Å²) in [5.41, 5.74) is 1.59. The van der Waals surface area contributed by atoms with E-state index in [4.69, 9.17) is 4.74 Å². The second-order valence-electron chi connectivity index (χ2n) is 6.68. The molecular weight excluding hydrogens is 270 g/mol. The lowest BCUT2D eigenvalue weighted by atomic mass is 9.82. The minimum Gasteiger partial charge on any atom is -0.386 e. The van der Waals surface area contributed by atoms with Crippen LogP contribution in [0.3, 0.4) is 0 Å². The number of H-pyrrole nitrogens is 1. The van der Waals surface area contributed by atoms with Crippen molar-refractivity contribution in [3.05, 3.63) is 17.0 Å². The van der Waals surface area contributed by atoms with E-state index in [9.17, 15) is 9.90 Å². The second kappa shape index (κ2) is 4.81. The number of hydrogen-bond donors (Lipinski definition) is 2. The van der Waals surface area contributed by atoms with Gasteiger partial charge in [-0.2, -0.15) is 5.10 Å². The fraction of sp³-hybridized carbons (Fsp3) is 0.733. The normalized spacial score (nSPS) is 27.4. The van der Waals surface area contributed by atoms with Gasteiger partial charge in [0.25, 0.3) is 5.91 Å². The summed E-state index contributed by atoms with van der Waals surface area (Å²) in [6.45, 7) is 8.67. The van der Waals surface area contributed by atoms with Gasteiger partial charge in [-0.3, -0.25) is 9.89 Å². The van der Waals surface area contributed by atoms with Crippen LogP contribution in [0.15, 0.2) is 0 Å². The van der Waals surface area contributed by atoms with E-state index >= 15 is 0 Å².